The first-order chi connectivity index (χ1) is 13.7. The first kappa shape index (κ1) is 21.6. The highest BCUT2D eigenvalue weighted by molar-refractivity contribution is 7.46. The number of aromatic nitrogens is 4. The highest BCUT2D eigenvalue weighted by Gasteiger charge is 2.45. The monoisotopic (exact) mass is 427 g/mol. The van der Waals surface area contributed by atoms with Crippen LogP contribution in [-0.2, 0) is 13.8 Å². The van der Waals surface area contributed by atoms with Gasteiger partial charge in [-0.3, -0.25) is 9.09 Å². The van der Waals surface area contributed by atoms with Gasteiger partial charge < -0.3 is 30.5 Å². The van der Waals surface area contributed by atoms with E-state index in [2.05, 4.69) is 38.2 Å². The number of phosphoric acid groups is 1. The summed E-state index contributed by atoms with van der Waals surface area (Å²) < 4.78 is 22.1. The van der Waals surface area contributed by atoms with Gasteiger partial charge >= 0.3 is 7.82 Å². The Hall–Kier alpha value is -2.10. The predicted octanol–water partition coefficient (Wildman–Crippen LogP) is -0.321. The number of phosphoric ester groups is 1. The number of rotatable bonds is 6. The van der Waals surface area contributed by atoms with Gasteiger partial charge in [0.05, 0.1) is 12.9 Å². The molecule has 1 aliphatic heterocycles. The van der Waals surface area contributed by atoms with Crippen molar-refractivity contribution in [3.63, 3.8) is 0 Å². The van der Waals surface area contributed by atoms with Gasteiger partial charge in [0.1, 0.15) is 23.8 Å². The van der Waals surface area contributed by atoms with Gasteiger partial charge in [0.25, 0.3) is 0 Å². The van der Waals surface area contributed by atoms with E-state index >= 15 is 0 Å². The summed E-state index contributed by atoms with van der Waals surface area (Å²) in [5.74, 6) is 6.07. The fraction of sp³-hybridized carbons (Fsp3) is 0.562. The lowest BCUT2D eigenvalue weighted by molar-refractivity contribution is -0.0504. The van der Waals surface area contributed by atoms with Gasteiger partial charge in [-0.2, -0.15) is 0 Å². The molecule has 0 amide bonds. The zero-order valence-corrected chi connectivity index (χ0v) is 16.4. The van der Waals surface area contributed by atoms with Crippen LogP contribution in [0.4, 0.5) is 5.82 Å². The van der Waals surface area contributed by atoms with Crippen molar-refractivity contribution in [2.75, 3.05) is 12.3 Å². The van der Waals surface area contributed by atoms with E-state index in [1.165, 1.54) is 10.9 Å². The maximum Gasteiger partial charge on any atom is 0.469 e. The van der Waals surface area contributed by atoms with Crippen LogP contribution in [0.1, 0.15) is 38.2 Å². The summed E-state index contributed by atoms with van der Waals surface area (Å²) in [6.07, 6.45) is -1.21. The van der Waals surface area contributed by atoms with Gasteiger partial charge in [-0.25, -0.2) is 19.5 Å². The third-order valence-electron chi connectivity index (χ3n) is 4.32. The Morgan fingerprint density at radius 2 is 2.10 bits per heavy atom. The highest BCUT2D eigenvalue weighted by atomic mass is 31.2. The molecule has 4 atom stereocenters. The lowest BCUT2D eigenvalue weighted by Gasteiger charge is -2.16. The number of fused-ring (bicyclic) bond motifs is 1. The molecule has 29 heavy (non-hydrogen) atoms. The lowest BCUT2D eigenvalue weighted by Crippen LogP contribution is -2.33. The van der Waals surface area contributed by atoms with Crippen molar-refractivity contribution in [3.05, 3.63) is 12.2 Å². The summed E-state index contributed by atoms with van der Waals surface area (Å²) in [6.45, 7) is 1.44. The maximum atomic E-state index is 10.9. The second-order valence-corrected chi connectivity index (χ2v) is 7.73. The Morgan fingerprint density at radius 3 is 2.79 bits per heavy atom. The van der Waals surface area contributed by atoms with E-state index in [-0.39, 0.29) is 22.8 Å². The molecule has 12 nitrogen and oxygen atoms in total. The molecule has 0 saturated carbocycles. The van der Waals surface area contributed by atoms with E-state index in [4.69, 9.17) is 20.3 Å². The van der Waals surface area contributed by atoms with Crippen molar-refractivity contribution in [2.24, 2.45) is 0 Å². The van der Waals surface area contributed by atoms with E-state index < -0.39 is 39.0 Å². The van der Waals surface area contributed by atoms with Crippen LogP contribution >= 0.6 is 7.82 Å². The van der Waals surface area contributed by atoms with Gasteiger partial charge in [-0.05, 0) is 12.3 Å². The molecular weight excluding hydrogens is 405 g/mol. The number of aliphatic hydroxyl groups is 2. The molecule has 1 aliphatic rings. The van der Waals surface area contributed by atoms with E-state index in [1.54, 1.807) is 0 Å². The Balaban J connectivity index is 1.87. The fourth-order valence-electron chi connectivity index (χ4n) is 2.85. The normalized spacial score (nSPS) is 24.6. The zero-order chi connectivity index (χ0) is 21.2. The molecule has 0 radical (unpaired) electrons. The van der Waals surface area contributed by atoms with Gasteiger partial charge in [-0.15, -0.1) is 0 Å². The Morgan fingerprint density at radius 1 is 1.34 bits per heavy atom. The molecule has 158 valence electrons. The van der Waals surface area contributed by atoms with E-state index in [0.717, 1.165) is 12.8 Å². The van der Waals surface area contributed by atoms with Gasteiger partial charge in [0.15, 0.2) is 17.7 Å². The summed E-state index contributed by atoms with van der Waals surface area (Å²) in [7, 11) is -4.76. The van der Waals surface area contributed by atoms with Crippen molar-refractivity contribution < 1.29 is 33.8 Å². The van der Waals surface area contributed by atoms with Crippen LogP contribution in [0, 0.1) is 11.8 Å². The number of nitrogens with zero attached hydrogens (tertiary/aromatic N) is 4. The SMILES string of the molecule is CCCCC#Cc1nc(N)c2ncn([C@@H]3O[C@H](COP(=O)(O)O)[C@@H](O)[C@H]3O)c2n1. The van der Waals surface area contributed by atoms with Crippen LogP contribution in [0.15, 0.2) is 6.33 Å². The molecule has 0 aromatic carbocycles. The second-order valence-electron chi connectivity index (χ2n) is 6.49. The van der Waals surface area contributed by atoms with Crippen molar-refractivity contribution in [3.8, 4) is 11.8 Å². The minimum atomic E-state index is -4.76. The second kappa shape index (κ2) is 8.73. The smallest absolute Gasteiger partial charge is 0.387 e. The number of anilines is 1. The van der Waals surface area contributed by atoms with Crippen LogP contribution in [0.5, 0.6) is 0 Å². The summed E-state index contributed by atoms with van der Waals surface area (Å²) >= 11 is 0. The summed E-state index contributed by atoms with van der Waals surface area (Å²) in [5, 5.41) is 20.5. The quantitative estimate of drug-likeness (QED) is 0.231. The Bertz CT molecular complexity index is 981. The van der Waals surface area contributed by atoms with Crippen molar-refractivity contribution >= 4 is 24.8 Å². The average molecular weight is 427 g/mol. The standard InChI is InChI=1S/C16H22N5O7P/c1-2-3-4-5-6-10-19-14(17)11-15(20-10)21(8-18-11)16-13(23)12(22)9(28-16)7-27-29(24,25)26/h8-9,12-13,16,22-23H,2-4,7H2,1H3,(H2,17,19,20)(H2,24,25,26)/t9-,12-,13-,16-/m1/s1. The molecule has 0 bridgehead atoms. The first-order valence-electron chi connectivity index (χ1n) is 8.92. The van der Waals surface area contributed by atoms with Crippen LogP contribution in [-0.4, -0.2) is 64.4 Å². The zero-order valence-electron chi connectivity index (χ0n) is 15.5. The molecule has 0 unspecified atom stereocenters. The van der Waals surface area contributed by atoms with Crippen molar-refractivity contribution in [1.29, 1.82) is 0 Å². The van der Waals surface area contributed by atoms with E-state index in [1.807, 2.05) is 0 Å². The molecular formula is C16H22N5O7P. The van der Waals surface area contributed by atoms with Crippen LogP contribution in [0.2, 0.25) is 0 Å². The molecule has 3 rings (SSSR count). The fourth-order valence-corrected chi connectivity index (χ4v) is 3.20. The van der Waals surface area contributed by atoms with Gasteiger partial charge in [0, 0.05) is 6.42 Å². The number of unbranched alkanes of at least 4 members (excludes halogenated alkanes) is 2. The third-order valence-corrected chi connectivity index (χ3v) is 4.81. The Kier molecular flexibility index (Phi) is 6.50. The minimum Gasteiger partial charge on any atom is -0.387 e. The van der Waals surface area contributed by atoms with Crippen LogP contribution in [0.25, 0.3) is 11.2 Å². The minimum absolute atomic E-state index is 0.1000. The molecule has 0 spiro atoms. The third kappa shape index (κ3) is 4.91. The van der Waals surface area contributed by atoms with Crippen molar-refractivity contribution in [2.45, 2.75) is 50.7 Å². The molecule has 6 N–H and O–H groups in total. The molecule has 0 aliphatic carbocycles. The van der Waals surface area contributed by atoms with Gasteiger partial charge in [-0.1, -0.05) is 19.3 Å². The molecule has 2 aromatic heterocycles. The largest absolute Gasteiger partial charge is 0.469 e. The number of ether oxygens (including phenoxy) is 1. The number of imidazole rings is 1. The number of aliphatic hydroxyl groups excluding tert-OH is 2. The molecule has 1 fully saturated rings. The predicted molar refractivity (Wildman–Crippen MR) is 100 cm³/mol. The van der Waals surface area contributed by atoms with E-state index in [0.29, 0.717) is 6.42 Å². The van der Waals surface area contributed by atoms with Crippen LogP contribution in [0.3, 0.4) is 0 Å². The lowest BCUT2D eigenvalue weighted by atomic mass is 10.1. The Labute approximate surface area is 165 Å². The summed E-state index contributed by atoms with van der Waals surface area (Å²) in [4.78, 5) is 30.2. The van der Waals surface area contributed by atoms with Crippen molar-refractivity contribution in [1.82, 2.24) is 19.5 Å². The van der Waals surface area contributed by atoms with E-state index in [9.17, 15) is 14.8 Å². The maximum absolute atomic E-state index is 10.9. The van der Waals surface area contributed by atoms with Crippen LogP contribution < -0.4 is 5.73 Å². The molecule has 2 aromatic rings. The highest BCUT2D eigenvalue weighted by Crippen LogP contribution is 2.38. The number of nitrogens with two attached hydrogens (primary N) is 1. The summed E-state index contributed by atoms with van der Waals surface area (Å²) in [6, 6.07) is 0. The molecule has 1 saturated heterocycles. The number of nitrogen functional groups attached to an aromatic ring is 1. The topological polar surface area (TPSA) is 186 Å². The number of hydrogen-bond donors (Lipinski definition) is 5. The first-order valence-corrected chi connectivity index (χ1v) is 10.4. The summed E-state index contributed by atoms with van der Waals surface area (Å²) in [5.41, 5.74) is 6.44. The average Bonchev–Trinajstić information content (AvgIpc) is 3.19. The van der Waals surface area contributed by atoms with Gasteiger partial charge in [0.2, 0.25) is 5.82 Å². The molecule has 13 heteroatoms. The molecule has 3 heterocycles. The number of hydrogen-bond acceptors (Lipinski definition) is 9.